The van der Waals surface area contributed by atoms with E-state index in [-0.39, 0.29) is 23.9 Å². The normalized spacial score (nSPS) is 21.1. The number of carbonyl (C=O) groups is 2. The number of aromatic nitrogens is 1. The number of rotatable bonds is 3. The highest BCUT2D eigenvalue weighted by Gasteiger charge is 2.38. The molecule has 0 bridgehead atoms. The molecule has 0 saturated carbocycles. The number of carbonyl (C=O) groups excluding carboxylic acids is 2. The highest BCUT2D eigenvalue weighted by molar-refractivity contribution is 5.97. The van der Waals surface area contributed by atoms with Gasteiger partial charge in [-0.1, -0.05) is 6.92 Å². The SMILES string of the molecule is CC(=O)N1c2ccc(C(N)=O)cc2[C@H](Nc2ncccc2C#N)[C@@H](C)[C@@H]1C. The molecular formula is C20H21N5O2. The van der Waals surface area contributed by atoms with Crippen molar-refractivity contribution in [2.45, 2.75) is 32.9 Å². The molecule has 0 unspecified atom stereocenters. The molecule has 3 rings (SSSR count). The molecular weight excluding hydrogens is 342 g/mol. The zero-order chi connectivity index (χ0) is 19.7. The first kappa shape index (κ1) is 18.4. The summed E-state index contributed by atoms with van der Waals surface area (Å²) in [7, 11) is 0. The van der Waals surface area contributed by atoms with E-state index in [4.69, 9.17) is 5.73 Å². The second-order valence-electron chi connectivity index (χ2n) is 6.76. The van der Waals surface area contributed by atoms with Crippen LogP contribution >= 0.6 is 0 Å². The molecule has 3 atom stereocenters. The van der Waals surface area contributed by atoms with E-state index in [1.165, 1.54) is 6.92 Å². The van der Waals surface area contributed by atoms with Crippen molar-refractivity contribution in [3.8, 4) is 6.07 Å². The average molecular weight is 363 g/mol. The van der Waals surface area contributed by atoms with Gasteiger partial charge in [-0.05, 0) is 42.8 Å². The highest BCUT2D eigenvalue weighted by Crippen LogP contribution is 2.42. The maximum atomic E-state index is 12.3. The van der Waals surface area contributed by atoms with Crippen LogP contribution in [0.5, 0.6) is 0 Å². The molecule has 27 heavy (non-hydrogen) atoms. The van der Waals surface area contributed by atoms with Crippen molar-refractivity contribution in [1.29, 1.82) is 5.26 Å². The molecule has 1 aromatic heterocycles. The number of hydrogen-bond donors (Lipinski definition) is 2. The zero-order valence-electron chi connectivity index (χ0n) is 15.4. The largest absolute Gasteiger partial charge is 0.366 e. The Balaban J connectivity index is 2.15. The zero-order valence-corrected chi connectivity index (χ0v) is 15.4. The monoisotopic (exact) mass is 363 g/mol. The topological polar surface area (TPSA) is 112 Å². The number of nitrogens with one attached hydrogen (secondary N) is 1. The number of primary amides is 1. The second-order valence-corrected chi connectivity index (χ2v) is 6.76. The van der Waals surface area contributed by atoms with E-state index in [9.17, 15) is 14.9 Å². The first-order valence-electron chi connectivity index (χ1n) is 8.70. The van der Waals surface area contributed by atoms with Crippen LogP contribution in [0.25, 0.3) is 0 Å². The molecule has 1 aliphatic heterocycles. The van der Waals surface area contributed by atoms with E-state index in [1.54, 1.807) is 41.4 Å². The van der Waals surface area contributed by atoms with Crippen molar-refractivity contribution in [2.75, 3.05) is 10.2 Å². The average Bonchev–Trinajstić information content (AvgIpc) is 2.65. The van der Waals surface area contributed by atoms with Gasteiger partial charge in [0.15, 0.2) is 0 Å². The van der Waals surface area contributed by atoms with Gasteiger partial charge in [0.05, 0.1) is 11.6 Å². The molecule has 0 saturated heterocycles. The van der Waals surface area contributed by atoms with E-state index in [1.807, 2.05) is 13.8 Å². The van der Waals surface area contributed by atoms with Gasteiger partial charge in [-0.25, -0.2) is 4.98 Å². The van der Waals surface area contributed by atoms with Crippen LogP contribution in [0.2, 0.25) is 0 Å². The highest BCUT2D eigenvalue weighted by atomic mass is 16.2. The summed E-state index contributed by atoms with van der Waals surface area (Å²) >= 11 is 0. The Morgan fingerprint density at radius 3 is 2.67 bits per heavy atom. The number of nitriles is 1. The number of hydrogen-bond acceptors (Lipinski definition) is 5. The van der Waals surface area contributed by atoms with Gasteiger partial charge in [0, 0.05) is 36.3 Å². The van der Waals surface area contributed by atoms with Gasteiger partial charge in [-0.15, -0.1) is 0 Å². The van der Waals surface area contributed by atoms with Gasteiger partial charge in [-0.3, -0.25) is 9.59 Å². The van der Waals surface area contributed by atoms with Crippen LogP contribution in [0.4, 0.5) is 11.5 Å². The van der Waals surface area contributed by atoms with Gasteiger partial charge in [0.1, 0.15) is 11.9 Å². The minimum atomic E-state index is -0.534. The standard InChI is InChI=1S/C20H21N5O2/c1-11-12(2)25(13(3)26)17-7-6-14(19(22)27)9-16(17)18(11)24-20-15(10-21)5-4-8-23-20/h4-9,11-12,18H,1-3H3,(H2,22,27)(H,23,24)/t11-,12-,18+/m0/s1. The van der Waals surface area contributed by atoms with Gasteiger partial charge >= 0.3 is 0 Å². The Kier molecular flexibility index (Phi) is 4.82. The molecule has 2 heterocycles. The molecule has 1 aliphatic rings. The lowest BCUT2D eigenvalue weighted by atomic mass is 9.82. The molecule has 0 radical (unpaired) electrons. The van der Waals surface area contributed by atoms with Crippen LogP contribution in [0.3, 0.4) is 0 Å². The molecule has 1 aromatic carbocycles. The molecule has 7 heteroatoms. The van der Waals surface area contributed by atoms with Crippen molar-refractivity contribution >= 4 is 23.3 Å². The lowest BCUT2D eigenvalue weighted by molar-refractivity contribution is -0.117. The fraction of sp³-hybridized carbons (Fsp3) is 0.300. The lowest BCUT2D eigenvalue weighted by Gasteiger charge is -2.44. The number of nitrogens with two attached hydrogens (primary N) is 1. The minimum absolute atomic E-state index is 0.00178. The van der Waals surface area contributed by atoms with E-state index >= 15 is 0 Å². The van der Waals surface area contributed by atoms with Gasteiger partial charge in [0.25, 0.3) is 0 Å². The Morgan fingerprint density at radius 2 is 2.04 bits per heavy atom. The smallest absolute Gasteiger partial charge is 0.248 e. The van der Waals surface area contributed by atoms with Crippen LogP contribution < -0.4 is 16.0 Å². The molecule has 0 spiro atoms. The predicted molar refractivity (Wildman–Crippen MR) is 102 cm³/mol. The molecule has 7 nitrogen and oxygen atoms in total. The third kappa shape index (κ3) is 3.22. The summed E-state index contributed by atoms with van der Waals surface area (Å²) in [5.74, 6) is -0.141. The molecule has 0 aliphatic carbocycles. The fourth-order valence-corrected chi connectivity index (χ4v) is 3.62. The van der Waals surface area contributed by atoms with E-state index < -0.39 is 5.91 Å². The first-order valence-corrected chi connectivity index (χ1v) is 8.70. The summed E-state index contributed by atoms with van der Waals surface area (Å²) < 4.78 is 0. The summed E-state index contributed by atoms with van der Waals surface area (Å²) in [6, 6.07) is 10.3. The second kappa shape index (κ2) is 7.08. The number of nitrogens with zero attached hydrogens (tertiary/aromatic N) is 3. The van der Waals surface area contributed by atoms with Crippen LogP contribution in [0, 0.1) is 17.2 Å². The van der Waals surface area contributed by atoms with Crippen molar-refractivity contribution in [1.82, 2.24) is 4.98 Å². The van der Waals surface area contributed by atoms with Gasteiger partial charge < -0.3 is 16.0 Å². The van der Waals surface area contributed by atoms with E-state index in [2.05, 4.69) is 16.4 Å². The Morgan fingerprint density at radius 1 is 1.30 bits per heavy atom. The van der Waals surface area contributed by atoms with E-state index in [0.29, 0.717) is 16.9 Å². The summed E-state index contributed by atoms with van der Waals surface area (Å²) in [5.41, 5.74) is 7.76. The fourth-order valence-electron chi connectivity index (χ4n) is 3.62. The minimum Gasteiger partial charge on any atom is -0.366 e. The number of anilines is 2. The summed E-state index contributed by atoms with van der Waals surface area (Å²) in [5, 5.41) is 12.7. The quantitative estimate of drug-likeness (QED) is 0.870. The van der Waals surface area contributed by atoms with Gasteiger partial charge in [-0.2, -0.15) is 5.26 Å². The Labute approximate surface area is 157 Å². The summed E-state index contributed by atoms with van der Waals surface area (Å²) in [4.78, 5) is 30.0. The predicted octanol–water partition coefficient (Wildman–Crippen LogP) is 2.60. The summed E-state index contributed by atoms with van der Waals surface area (Å²) in [6.45, 7) is 5.53. The van der Waals surface area contributed by atoms with Crippen molar-refractivity contribution in [3.63, 3.8) is 0 Å². The number of fused-ring (bicyclic) bond motifs is 1. The van der Waals surface area contributed by atoms with Crippen LogP contribution in [0.1, 0.15) is 48.3 Å². The van der Waals surface area contributed by atoms with Gasteiger partial charge in [0.2, 0.25) is 11.8 Å². The first-order chi connectivity index (χ1) is 12.8. The lowest BCUT2D eigenvalue weighted by Crippen LogP contribution is -2.48. The van der Waals surface area contributed by atoms with Crippen LogP contribution in [-0.4, -0.2) is 22.8 Å². The van der Waals surface area contributed by atoms with E-state index in [0.717, 1.165) is 11.3 Å². The van der Waals surface area contributed by atoms with Crippen molar-refractivity contribution in [2.24, 2.45) is 11.7 Å². The van der Waals surface area contributed by atoms with Crippen molar-refractivity contribution < 1.29 is 9.59 Å². The molecule has 2 amide bonds. The Bertz CT molecular complexity index is 950. The summed E-state index contributed by atoms with van der Waals surface area (Å²) in [6.07, 6.45) is 1.61. The maximum absolute atomic E-state index is 12.3. The molecule has 2 aromatic rings. The maximum Gasteiger partial charge on any atom is 0.248 e. The third-order valence-electron chi connectivity index (χ3n) is 5.16. The van der Waals surface area contributed by atoms with Crippen molar-refractivity contribution in [3.05, 3.63) is 53.2 Å². The Hall–Kier alpha value is -3.40. The number of benzene rings is 1. The van der Waals surface area contributed by atoms with Crippen LogP contribution in [-0.2, 0) is 4.79 Å². The molecule has 138 valence electrons. The number of pyridine rings is 1. The molecule has 0 fully saturated rings. The van der Waals surface area contributed by atoms with Crippen LogP contribution in [0.15, 0.2) is 36.5 Å². The molecule has 3 N–H and O–H groups in total. The number of amides is 2. The third-order valence-corrected chi connectivity index (χ3v) is 5.16.